The Morgan fingerprint density at radius 2 is 1.80 bits per heavy atom. The zero-order chi connectivity index (χ0) is 14.7. The quantitative estimate of drug-likeness (QED) is 0.633. The third-order valence-electron chi connectivity index (χ3n) is 4.21. The predicted octanol–water partition coefficient (Wildman–Crippen LogP) is 1.80. The average molecular weight is 280 g/mol. The summed E-state index contributed by atoms with van der Waals surface area (Å²) < 4.78 is 0. The number of piperazine rings is 1. The van der Waals surface area contributed by atoms with Gasteiger partial charge in [0.15, 0.2) is 11.5 Å². The first-order valence-electron chi connectivity index (χ1n) is 7.24. The molecular formula is C15H24N2O3. The van der Waals surface area contributed by atoms with E-state index in [0.29, 0.717) is 11.5 Å². The molecule has 0 bridgehead atoms. The molecule has 0 amide bonds. The topological polar surface area (TPSA) is 76.0 Å². The molecule has 1 aromatic carbocycles. The minimum Gasteiger partial charge on any atom is -0.504 e. The zero-order valence-electron chi connectivity index (χ0n) is 12.1. The second kappa shape index (κ2) is 6.33. The second-order valence-electron chi connectivity index (χ2n) is 5.49. The number of nitrogens with zero attached hydrogens (tertiary/aromatic N) is 1. The highest BCUT2D eigenvalue weighted by molar-refractivity contribution is 5.54. The summed E-state index contributed by atoms with van der Waals surface area (Å²) in [6.07, 6.45) is 0.982. The van der Waals surface area contributed by atoms with E-state index in [-0.39, 0.29) is 17.5 Å². The fourth-order valence-electron chi connectivity index (χ4n) is 2.87. The van der Waals surface area contributed by atoms with Gasteiger partial charge in [0.05, 0.1) is 0 Å². The van der Waals surface area contributed by atoms with Crippen molar-refractivity contribution in [3.8, 4) is 17.2 Å². The van der Waals surface area contributed by atoms with Gasteiger partial charge in [0, 0.05) is 37.8 Å². The Balaban J connectivity index is 2.38. The summed E-state index contributed by atoms with van der Waals surface area (Å²) >= 11 is 0. The van der Waals surface area contributed by atoms with Crippen LogP contribution >= 0.6 is 0 Å². The Bertz CT molecular complexity index is 459. The first kappa shape index (κ1) is 14.9. The van der Waals surface area contributed by atoms with Crippen LogP contribution in [-0.4, -0.2) is 46.4 Å². The molecule has 1 saturated heterocycles. The van der Waals surface area contributed by atoms with Crippen LogP contribution in [0.1, 0.15) is 31.9 Å². The standard InChI is InChI=1S/C15H24N2O3/c1-3-10(2)13(17-8-6-16-7-9-17)11-4-5-12(18)15(20)14(11)19/h4-5,10,13,16,18-20H,3,6-9H2,1-2H3/t10?,13-/m1/s1. The van der Waals surface area contributed by atoms with Crippen LogP contribution in [0.15, 0.2) is 12.1 Å². The summed E-state index contributed by atoms with van der Waals surface area (Å²) in [5.74, 6) is -0.558. The Labute approximate surface area is 119 Å². The van der Waals surface area contributed by atoms with E-state index in [1.165, 1.54) is 6.07 Å². The van der Waals surface area contributed by atoms with Gasteiger partial charge in [0.1, 0.15) is 0 Å². The van der Waals surface area contributed by atoms with Crippen molar-refractivity contribution in [3.05, 3.63) is 17.7 Å². The maximum Gasteiger partial charge on any atom is 0.200 e. The molecule has 0 radical (unpaired) electrons. The molecule has 1 fully saturated rings. The summed E-state index contributed by atoms with van der Waals surface area (Å²) in [6, 6.07) is 3.21. The van der Waals surface area contributed by atoms with Gasteiger partial charge in [-0.2, -0.15) is 0 Å². The zero-order valence-corrected chi connectivity index (χ0v) is 12.1. The molecule has 20 heavy (non-hydrogen) atoms. The molecule has 0 saturated carbocycles. The molecule has 1 aromatic rings. The third kappa shape index (κ3) is 2.83. The highest BCUT2D eigenvalue weighted by atomic mass is 16.3. The van der Waals surface area contributed by atoms with E-state index in [9.17, 15) is 15.3 Å². The van der Waals surface area contributed by atoms with Crippen LogP contribution in [0, 0.1) is 5.92 Å². The van der Waals surface area contributed by atoms with Gasteiger partial charge in [-0.1, -0.05) is 20.3 Å². The van der Waals surface area contributed by atoms with Gasteiger partial charge in [-0.25, -0.2) is 0 Å². The lowest BCUT2D eigenvalue weighted by Gasteiger charge is -2.38. The van der Waals surface area contributed by atoms with Crippen LogP contribution in [0.3, 0.4) is 0 Å². The Morgan fingerprint density at radius 3 is 2.40 bits per heavy atom. The summed E-state index contributed by atoms with van der Waals surface area (Å²) in [4.78, 5) is 2.33. The normalized spacial score (nSPS) is 19.7. The first-order chi connectivity index (χ1) is 9.56. The van der Waals surface area contributed by atoms with Crippen molar-refractivity contribution >= 4 is 0 Å². The van der Waals surface area contributed by atoms with E-state index >= 15 is 0 Å². The van der Waals surface area contributed by atoms with Crippen molar-refractivity contribution in [3.63, 3.8) is 0 Å². The SMILES string of the molecule is CCC(C)[C@H](c1ccc(O)c(O)c1O)N1CCNCC1. The van der Waals surface area contributed by atoms with Crippen molar-refractivity contribution in [2.24, 2.45) is 5.92 Å². The number of phenols is 3. The smallest absolute Gasteiger partial charge is 0.200 e. The minimum absolute atomic E-state index is 0.0496. The molecule has 0 aliphatic carbocycles. The highest BCUT2D eigenvalue weighted by Crippen LogP contribution is 2.43. The van der Waals surface area contributed by atoms with E-state index in [0.717, 1.165) is 32.6 Å². The number of hydrogen-bond donors (Lipinski definition) is 4. The molecule has 1 aliphatic rings. The fourth-order valence-corrected chi connectivity index (χ4v) is 2.87. The lowest BCUT2D eigenvalue weighted by atomic mass is 9.89. The van der Waals surface area contributed by atoms with E-state index in [1.54, 1.807) is 6.07 Å². The number of rotatable bonds is 4. The van der Waals surface area contributed by atoms with Gasteiger partial charge in [-0.05, 0) is 18.1 Å². The van der Waals surface area contributed by atoms with Crippen LogP contribution in [0.2, 0.25) is 0 Å². The molecule has 0 aromatic heterocycles. The van der Waals surface area contributed by atoms with Gasteiger partial charge in [-0.3, -0.25) is 4.90 Å². The minimum atomic E-state index is -0.425. The Hall–Kier alpha value is -1.46. The highest BCUT2D eigenvalue weighted by Gasteiger charge is 2.29. The van der Waals surface area contributed by atoms with Gasteiger partial charge < -0.3 is 20.6 Å². The average Bonchev–Trinajstić information content (AvgIpc) is 2.48. The summed E-state index contributed by atoms with van der Waals surface area (Å²) in [6.45, 7) is 7.95. The molecular weight excluding hydrogens is 256 g/mol. The van der Waals surface area contributed by atoms with E-state index in [4.69, 9.17) is 0 Å². The fraction of sp³-hybridized carbons (Fsp3) is 0.600. The van der Waals surface area contributed by atoms with Crippen molar-refractivity contribution in [1.29, 1.82) is 0 Å². The van der Waals surface area contributed by atoms with Crippen LogP contribution in [0.4, 0.5) is 0 Å². The maximum absolute atomic E-state index is 10.2. The van der Waals surface area contributed by atoms with Crippen LogP contribution in [-0.2, 0) is 0 Å². The molecule has 1 heterocycles. The summed E-state index contributed by atoms with van der Waals surface area (Å²) in [5, 5.41) is 32.7. The number of benzene rings is 1. The number of hydrogen-bond acceptors (Lipinski definition) is 5. The number of aromatic hydroxyl groups is 3. The molecule has 5 nitrogen and oxygen atoms in total. The van der Waals surface area contributed by atoms with Crippen molar-refractivity contribution in [2.45, 2.75) is 26.3 Å². The molecule has 112 valence electrons. The lowest BCUT2D eigenvalue weighted by Crippen LogP contribution is -2.46. The van der Waals surface area contributed by atoms with Crippen molar-refractivity contribution < 1.29 is 15.3 Å². The first-order valence-corrected chi connectivity index (χ1v) is 7.24. The largest absolute Gasteiger partial charge is 0.504 e. The van der Waals surface area contributed by atoms with Crippen LogP contribution in [0.25, 0.3) is 0 Å². The maximum atomic E-state index is 10.2. The van der Waals surface area contributed by atoms with E-state index < -0.39 is 5.75 Å². The molecule has 1 unspecified atom stereocenters. The summed E-state index contributed by atoms with van der Waals surface area (Å²) in [7, 11) is 0. The Kier molecular flexibility index (Phi) is 4.73. The second-order valence-corrected chi connectivity index (χ2v) is 5.49. The van der Waals surface area contributed by atoms with Gasteiger partial charge in [0.2, 0.25) is 5.75 Å². The van der Waals surface area contributed by atoms with Gasteiger partial charge >= 0.3 is 0 Å². The van der Waals surface area contributed by atoms with Crippen molar-refractivity contribution in [2.75, 3.05) is 26.2 Å². The van der Waals surface area contributed by atoms with Crippen molar-refractivity contribution in [1.82, 2.24) is 10.2 Å². The van der Waals surface area contributed by atoms with Crippen LogP contribution < -0.4 is 5.32 Å². The molecule has 0 spiro atoms. The molecule has 2 atom stereocenters. The Morgan fingerprint density at radius 1 is 1.15 bits per heavy atom. The number of nitrogens with one attached hydrogen (secondary N) is 1. The van der Waals surface area contributed by atoms with Gasteiger partial charge in [-0.15, -0.1) is 0 Å². The van der Waals surface area contributed by atoms with E-state index in [1.807, 2.05) is 0 Å². The molecule has 2 rings (SSSR count). The number of phenolic OH excluding ortho intramolecular Hbond substituents is 3. The molecule has 4 N–H and O–H groups in total. The van der Waals surface area contributed by atoms with Gasteiger partial charge in [0.25, 0.3) is 0 Å². The predicted molar refractivity (Wildman–Crippen MR) is 78.1 cm³/mol. The lowest BCUT2D eigenvalue weighted by molar-refractivity contribution is 0.125. The third-order valence-corrected chi connectivity index (χ3v) is 4.21. The molecule has 5 heteroatoms. The molecule has 1 aliphatic heterocycles. The monoisotopic (exact) mass is 280 g/mol. The summed E-state index contributed by atoms with van der Waals surface area (Å²) in [5.41, 5.74) is 0.691. The van der Waals surface area contributed by atoms with E-state index in [2.05, 4.69) is 24.1 Å². The van der Waals surface area contributed by atoms with Crippen LogP contribution in [0.5, 0.6) is 17.2 Å².